The highest BCUT2D eigenvalue weighted by molar-refractivity contribution is 6.21. The minimum Gasteiger partial charge on any atom is -0.462 e. The minimum absolute atomic E-state index is 0.192. The maximum Gasteiger partial charge on any atom is 0.338 e. The van der Waals surface area contributed by atoms with Gasteiger partial charge in [0.15, 0.2) is 0 Å². The van der Waals surface area contributed by atoms with Gasteiger partial charge in [0.05, 0.1) is 12.2 Å². The van der Waals surface area contributed by atoms with Crippen molar-refractivity contribution in [3.05, 3.63) is 41.5 Å². The Bertz CT molecular complexity index is 463. The lowest BCUT2D eigenvalue weighted by Gasteiger charge is -2.09. The lowest BCUT2D eigenvalue weighted by Crippen LogP contribution is -2.13. The Labute approximate surface area is 100 Å². The molecule has 0 heterocycles. The number of carbonyl (C=O) groups is 2. The van der Waals surface area contributed by atoms with Crippen LogP contribution in [0.4, 0.5) is 0 Å². The first kappa shape index (κ1) is 13.0. The summed E-state index contributed by atoms with van der Waals surface area (Å²) in [5.41, 5.74) is 6.82. The van der Waals surface area contributed by atoms with Crippen molar-refractivity contribution in [2.24, 2.45) is 5.73 Å². The van der Waals surface area contributed by atoms with Crippen molar-refractivity contribution in [1.82, 2.24) is 0 Å². The molecule has 4 nitrogen and oxygen atoms in total. The normalized spacial score (nSPS) is 11.1. The second-order valence-electron chi connectivity index (χ2n) is 3.50. The van der Waals surface area contributed by atoms with E-state index in [1.54, 1.807) is 19.1 Å². The zero-order valence-corrected chi connectivity index (χ0v) is 9.90. The van der Waals surface area contributed by atoms with Crippen molar-refractivity contribution in [2.45, 2.75) is 13.8 Å². The number of aryl methyl sites for hydroxylation is 1. The molecular weight excluding hydrogens is 218 g/mol. The summed E-state index contributed by atoms with van der Waals surface area (Å²) in [7, 11) is 0. The third kappa shape index (κ3) is 3.45. The summed E-state index contributed by atoms with van der Waals surface area (Å²) in [6.45, 7) is 3.81. The van der Waals surface area contributed by atoms with E-state index in [0.717, 1.165) is 11.6 Å². The van der Waals surface area contributed by atoms with Gasteiger partial charge in [-0.25, -0.2) is 4.79 Å². The average Bonchev–Trinajstić information content (AvgIpc) is 2.27. The Kier molecular flexibility index (Phi) is 4.46. The molecule has 1 aromatic carbocycles. The van der Waals surface area contributed by atoms with E-state index >= 15 is 0 Å². The zero-order valence-electron chi connectivity index (χ0n) is 9.90. The molecule has 90 valence electrons. The molecular formula is C13H15NO3. The summed E-state index contributed by atoms with van der Waals surface area (Å²) in [6.07, 6.45) is 1.10. The molecule has 17 heavy (non-hydrogen) atoms. The minimum atomic E-state index is -0.670. The molecule has 0 fully saturated rings. The Morgan fingerprint density at radius 1 is 1.35 bits per heavy atom. The molecule has 0 aliphatic rings. The van der Waals surface area contributed by atoms with Crippen molar-refractivity contribution >= 4 is 17.4 Å². The van der Waals surface area contributed by atoms with Gasteiger partial charge >= 0.3 is 5.97 Å². The summed E-state index contributed by atoms with van der Waals surface area (Å²) >= 11 is 0. The van der Waals surface area contributed by atoms with Crippen molar-refractivity contribution in [1.29, 1.82) is 0 Å². The van der Waals surface area contributed by atoms with Gasteiger partial charge in [0.2, 0.25) is 5.91 Å². The fourth-order valence-corrected chi connectivity index (χ4v) is 1.47. The van der Waals surface area contributed by atoms with Gasteiger partial charge in [-0.15, -0.1) is 0 Å². The lowest BCUT2D eigenvalue weighted by molar-refractivity contribution is -0.136. The van der Waals surface area contributed by atoms with E-state index in [2.05, 4.69) is 0 Å². The van der Waals surface area contributed by atoms with Gasteiger partial charge in [0.25, 0.3) is 0 Å². The van der Waals surface area contributed by atoms with Crippen LogP contribution in [0.25, 0.3) is 5.57 Å². The summed E-state index contributed by atoms with van der Waals surface area (Å²) in [5, 5.41) is 0. The zero-order chi connectivity index (χ0) is 12.8. The lowest BCUT2D eigenvalue weighted by atomic mass is 10.0. The molecule has 0 unspecified atom stereocenters. The Balaban J connectivity index is 3.21. The van der Waals surface area contributed by atoms with Crippen LogP contribution in [-0.2, 0) is 14.3 Å². The molecule has 1 aromatic rings. The van der Waals surface area contributed by atoms with Gasteiger partial charge in [-0.3, -0.25) is 4.79 Å². The van der Waals surface area contributed by atoms with Crippen molar-refractivity contribution in [3.8, 4) is 0 Å². The first-order valence-corrected chi connectivity index (χ1v) is 5.30. The molecule has 0 atom stereocenters. The first-order chi connectivity index (χ1) is 8.06. The Morgan fingerprint density at radius 3 is 2.53 bits per heavy atom. The van der Waals surface area contributed by atoms with Crippen LogP contribution in [0, 0.1) is 6.92 Å². The monoisotopic (exact) mass is 233 g/mol. The van der Waals surface area contributed by atoms with E-state index < -0.39 is 11.9 Å². The van der Waals surface area contributed by atoms with Crippen molar-refractivity contribution in [2.75, 3.05) is 6.61 Å². The molecule has 0 aliphatic heterocycles. The van der Waals surface area contributed by atoms with E-state index in [-0.39, 0.29) is 12.2 Å². The number of ether oxygens (including phenoxy) is 1. The van der Waals surface area contributed by atoms with Gasteiger partial charge in [-0.1, -0.05) is 24.3 Å². The van der Waals surface area contributed by atoms with Crippen molar-refractivity contribution in [3.63, 3.8) is 0 Å². The van der Waals surface area contributed by atoms with Crippen molar-refractivity contribution < 1.29 is 14.3 Å². The number of esters is 1. The highest BCUT2D eigenvalue weighted by Crippen LogP contribution is 2.19. The number of benzene rings is 1. The van der Waals surface area contributed by atoms with E-state index in [0.29, 0.717) is 5.56 Å². The Morgan fingerprint density at radius 2 is 2.00 bits per heavy atom. The van der Waals surface area contributed by atoms with Crippen LogP contribution in [0.2, 0.25) is 0 Å². The first-order valence-electron chi connectivity index (χ1n) is 5.30. The summed E-state index contributed by atoms with van der Waals surface area (Å²) in [4.78, 5) is 22.7. The number of primary amides is 1. The van der Waals surface area contributed by atoms with Gasteiger partial charge < -0.3 is 10.5 Å². The maximum absolute atomic E-state index is 11.7. The number of carbonyl (C=O) groups excluding carboxylic acids is 2. The molecule has 2 N–H and O–H groups in total. The third-order valence-corrected chi connectivity index (χ3v) is 2.22. The highest BCUT2D eigenvalue weighted by Gasteiger charge is 2.15. The van der Waals surface area contributed by atoms with E-state index in [4.69, 9.17) is 10.5 Å². The van der Waals surface area contributed by atoms with Gasteiger partial charge in [-0.05, 0) is 25.0 Å². The number of hydrogen-bond donors (Lipinski definition) is 1. The third-order valence-electron chi connectivity index (χ3n) is 2.22. The van der Waals surface area contributed by atoms with Crippen LogP contribution in [-0.4, -0.2) is 18.5 Å². The van der Waals surface area contributed by atoms with Crippen LogP contribution in [0.15, 0.2) is 30.3 Å². The standard InChI is InChI=1S/C13H15NO3/c1-3-17-13(16)11(8-12(14)15)10-7-5-4-6-9(10)2/h4-8H,3H2,1-2H3,(H2,14,15). The van der Waals surface area contributed by atoms with Crippen LogP contribution in [0.3, 0.4) is 0 Å². The SMILES string of the molecule is CCOC(=O)C(=CC(N)=O)c1ccccc1C. The van der Waals surface area contributed by atoms with E-state index in [9.17, 15) is 9.59 Å². The fourth-order valence-electron chi connectivity index (χ4n) is 1.47. The summed E-state index contributed by atoms with van der Waals surface area (Å²) in [5.74, 6) is -1.21. The fraction of sp³-hybridized carbons (Fsp3) is 0.231. The van der Waals surface area contributed by atoms with Gasteiger partial charge in [0, 0.05) is 6.08 Å². The van der Waals surface area contributed by atoms with Gasteiger partial charge in [-0.2, -0.15) is 0 Å². The average molecular weight is 233 g/mol. The van der Waals surface area contributed by atoms with E-state index in [1.807, 2.05) is 19.1 Å². The summed E-state index contributed by atoms with van der Waals surface area (Å²) in [6, 6.07) is 7.24. The largest absolute Gasteiger partial charge is 0.462 e. The predicted octanol–water partition coefficient (Wildman–Crippen LogP) is 1.43. The highest BCUT2D eigenvalue weighted by atomic mass is 16.5. The second kappa shape index (κ2) is 5.84. The number of rotatable bonds is 4. The molecule has 0 bridgehead atoms. The van der Waals surface area contributed by atoms with Crippen LogP contribution >= 0.6 is 0 Å². The molecule has 0 saturated carbocycles. The second-order valence-corrected chi connectivity index (χ2v) is 3.50. The summed E-state index contributed by atoms with van der Waals surface area (Å²) < 4.78 is 4.90. The number of nitrogens with two attached hydrogens (primary N) is 1. The molecule has 0 spiro atoms. The van der Waals surface area contributed by atoms with Crippen LogP contribution < -0.4 is 5.73 Å². The Hall–Kier alpha value is -2.10. The van der Waals surface area contributed by atoms with Crippen LogP contribution in [0.5, 0.6) is 0 Å². The molecule has 0 saturated heterocycles. The van der Waals surface area contributed by atoms with E-state index in [1.165, 1.54) is 0 Å². The molecule has 1 rings (SSSR count). The molecule has 1 amide bonds. The van der Waals surface area contributed by atoms with Gasteiger partial charge in [0.1, 0.15) is 0 Å². The topological polar surface area (TPSA) is 69.4 Å². The molecule has 0 radical (unpaired) electrons. The quantitative estimate of drug-likeness (QED) is 0.631. The van der Waals surface area contributed by atoms with Crippen LogP contribution in [0.1, 0.15) is 18.1 Å². The maximum atomic E-state index is 11.7. The molecule has 0 aliphatic carbocycles. The molecule has 4 heteroatoms. The number of hydrogen-bond acceptors (Lipinski definition) is 3. The molecule has 0 aromatic heterocycles. The smallest absolute Gasteiger partial charge is 0.338 e. The predicted molar refractivity (Wildman–Crippen MR) is 65.0 cm³/mol. The number of amides is 1.